The quantitative estimate of drug-likeness (QED) is 0.0126. The number of carbonyl (C=O) groups excluding carboxylic acids is 2. The molecule has 1 saturated carbocycles. The van der Waals surface area contributed by atoms with Gasteiger partial charge in [-0.3, -0.25) is 14.1 Å². The fraction of sp³-hybridized carbons (Fsp3) is 0.514. The second kappa shape index (κ2) is 33.8. The zero-order valence-corrected chi connectivity index (χ0v) is 59.2. The molecule has 0 unspecified atom stereocenters. The molecule has 6 N–H and O–H groups in total. The third-order valence-corrected chi connectivity index (χ3v) is 22.7. The Morgan fingerprint density at radius 3 is 2.01 bits per heavy atom. The molecule has 1 fully saturated rings. The Labute approximate surface area is 571 Å². The van der Waals surface area contributed by atoms with Crippen LogP contribution in [0, 0.1) is 17.5 Å². The number of amides is 1. The number of nitrogens with zero attached hydrogens (tertiary/aromatic N) is 2. The van der Waals surface area contributed by atoms with Crippen LogP contribution in [0.25, 0.3) is 0 Å². The van der Waals surface area contributed by atoms with Gasteiger partial charge >= 0.3 is 5.97 Å². The number of benzene rings is 4. The van der Waals surface area contributed by atoms with E-state index in [1.54, 1.807) is 12.1 Å². The predicted molar refractivity (Wildman–Crippen MR) is 374 cm³/mol. The molecule has 2 aliphatic carbocycles. The van der Waals surface area contributed by atoms with E-state index >= 15 is 13.2 Å². The second-order valence-electron chi connectivity index (χ2n) is 27.3. The topological polar surface area (TPSA) is 260 Å². The lowest BCUT2D eigenvalue weighted by Crippen LogP contribution is -2.42. The number of hydrogen-bond acceptors (Lipinski definition) is 12. The summed E-state index contributed by atoms with van der Waals surface area (Å²) in [6, 6.07) is 22.3. The van der Waals surface area contributed by atoms with Crippen molar-refractivity contribution in [3.8, 4) is 5.75 Å². The van der Waals surface area contributed by atoms with E-state index in [-0.39, 0.29) is 30.4 Å². The smallest absolute Gasteiger partial charge is 0.326 e. The van der Waals surface area contributed by atoms with E-state index < -0.39 is 110 Å². The Morgan fingerprint density at radius 1 is 0.701 bits per heavy atom. The summed E-state index contributed by atoms with van der Waals surface area (Å²) in [5.74, 6) is -8.30. The number of anilines is 2. The van der Waals surface area contributed by atoms with Crippen molar-refractivity contribution in [1.29, 1.82) is 0 Å². The number of para-hydroxylation sites is 2. The molecule has 528 valence electrons. The molecule has 2 aliphatic heterocycles. The first-order valence-corrected chi connectivity index (χ1v) is 39.3. The highest BCUT2D eigenvalue weighted by Gasteiger charge is 2.45. The SMILES string of the molecule is CCCCC[N+]1=C(C=CC2=C(Oc3ccc(C[C@H](NC(=O)CCCCCCCCC(=O)CCS(=O)(=O)c4c(F)c(F)c(S(N)(=O)=O)c(F)c4NC4CCCCCCC4)C(=O)O)cc3)C(=CC=C3N(CCCCS(=O)(=O)O)c4ccccc4C3(C)C)CCC2)C(C)(C)c2ccccc21. The predicted octanol–water partition coefficient (Wildman–Crippen LogP) is 14.9. The first kappa shape index (κ1) is 75.8. The van der Waals surface area contributed by atoms with Gasteiger partial charge in [0.05, 0.1) is 22.6 Å². The van der Waals surface area contributed by atoms with Crippen LogP contribution < -0.4 is 25.4 Å². The molecule has 23 heteroatoms. The van der Waals surface area contributed by atoms with E-state index in [0.29, 0.717) is 94.9 Å². The van der Waals surface area contributed by atoms with Gasteiger partial charge in [-0.05, 0) is 131 Å². The van der Waals surface area contributed by atoms with E-state index in [1.165, 1.54) is 17.0 Å². The average Bonchev–Trinajstić information content (AvgIpc) is 1.41. The number of Topliss-reactive ketones (excluding diaryl/α,β-unsaturated/α-hetero) is 1. The van der Waals surface area contributed by atoms with E-state index in [4.69, 9.17) is 9.88 Å². The lowest BCUT2D eigenvalue weighted by atomic mass is 9.81. The van der Waals surface area contributed by atoms with Crippen LogP contribution in [-0.2, 0) is 61.6 Å². The van der Waals surface area contributed by atoms with Crippen LogP contribution in [0.1, 0.15) is 205 Å². The summed E-state index contributed by atoms with van der Waals surface area (Å²) in [5.41, 5.74) is 7.93. The number of hydrogen-bond donors (Lipinski definition) is 5. The van der Waals surface area contributed by atoms with Crippen molar-refractivity contribution in [2.75, 3.05) is 34.8 Å². The van der Waals surface area contributed by atoms with E-state index in [0.717, 1.165) is 98.2 Å². The first-order valence-electron chi connectivity index (χ1n) is 34.5. The highest BCUT2D eigenvalue weighted by Crippen LogP contribution is 2.48. The standard InChI is InChI=1S/C74H96F3N5O12S3/c1-6-7-23-46-81-60-34-21-19-32-57(60)73(2,3)62(81)43-39-52-27-26-28-53(40-44-63-74(4,5)58-33-20-22-35-61(58)82(63)47-24-25-48-96(89,90)91)69(52)94-56-41-37-51(38-42-56)50-59(72(85)86)80-64(84)36-18-14-9-8-13-17-31-55(83)45-49-95(87,88)71-66(76)65(75)70(97(78,92)93)67(77)68(71)79-54-29-15-11-10-12-16-30-54/h19-22,32-35,37-44,54,59,79H,6-18,23-31,36,45-50H2,1-5H3,(H4-,78,80,84,85,86,89,90,91,92,93)/p+1/t59-/m0/s1. The largest absolute Gasteiger partial charge is 0.480 e. The molecule has 4 aromatic carbocycles. The molecular weight excluding hydrogens is 1300 g/mol. The Hall–Kier alpha value is -6.92. The number of rotatable bonds is 34. The summed E-state index contributed by atoms with van der Waals surface area (Å²) in [6.07, 6.45) is 23.1. The molecule has 8 rings (SSSR count). The van der Waals surface area contributed by atoms with Crippen LogP contribution >= 0.6 is 0 Å². The number of carboxylic acids is 1. The number of ketones is 1. The van der Waals surface area contributed by atoms with E-state index in [2.05, 4.69) is 115 Å². The number of nitrogens with one attached hydrogen (secondary N) is 2. The maximum atomic E-state index is 15.8. The molecule has 97 heavy (non-hydrogen) atoms. The summed E-state index contributed by atoms with van der Waals surface area (Å²) in [4.78, 5) is 37.8. The third-order valence-electron chi connectivity index (χ3n) is 19.2. The minimum absolute atomic E-state index is 0.0123. The minimum Gasteiger partial charge on any atom is -0.480 e. The van der Waals surface area contributed by atoms with Gasteiger partial charge in [0.2, 0.25) is 21.6 Å². The Kier molecular flexibility index (Phi) is 26.4. The monoisotopic (exact) mass is 1400 g/mol. The van der Waals surface area contributed by atoms with Crippen LogP contribution in [0.15, 0.2) is 129 Å². The minimum atomic E-state index is -5.16. The number of primary sulfonamides is 1. The normalized spacial score (nSPS) is 17.9. The number of nitrogens with two attached hydrogens (primary N) is 1. The Morgan fingerprint density at radius 2 is 1.34 bits per heavy atom. The van der Waals surface area contributed by atoms with Gasteiger partial charge in [-0.15, -0.1) is 0 Å². The number of unbranched alkanes of at least 4 members (excludes halogenated alkanes) is 8. The summed E-state index contributed by atoms with van der Waals surface area (Å²) < 4.78 is 140. The van der Waals surface area contributed by atoms with Gasteiger partial charge in [-0.1, -0.05) is 140 Å². The number of carbonyl (C=O) groups is 3. The number of sulfone groups is 1. The molecule has 0 bridgehead atoms. The van der Waals surface area contributed by atoms with Gasteiger partial charge in [0.25, 0.3) is 10.1 Å². The van der Waals surface area contributed by atoms with Crippen molar-refractivity contribution in [3.05, 3.63) is 154 Å². The Bertz CT molecular complexity index is 4020. The molecule has 0 aromatic heterocycles. The zero-order chi connectivity index (χ0) is 70.3. The van der Waals surface area contributed by atoms with Crippen LogP contribution in [0.3, 0.4) is 0 Å². The number of sulfonamides is 1. The maximum Gasteiger partial charge on any atom is 0.326 e. The molecule has 0 spiro atoms. The van der Waals surface area contributed by atoms with Gasteiger partial charge in [0.15, 0.2) is 37.9 Å². The van der Waals surface area contributed by atoms with Gasteiger partial charge in [0, 0.05) is 79.2 Å². The fourth-order valence-corrected chi connectivity index (χ4v) is 16.7. The number of allylic oxidation sites excluding steroid dienone is 7. The van der Waals surface area contributed by atoms with E-state index in [1.807, 2.05) is 24.3 Å². The van der Waals surface area contributed by atoms with Crippen LogP contribution in [-0.4, -0.2) is 99.5 Å². The summed E-state index contributed by atoms with van der Waals surface area (Å²) in [5, 5.41) is 20.7. The van der Waals surface area contributed by atoms with Crippen molar-refractivity contribution in [2.24, 2.45) is 5.14 Å². The first-order chi connectivity index (χ1) is 46.0. The molecule has 1 atom stereocenters. The summed E-state index contributed by atoms with van der Waals surface area (Å²) in [6.45, 7) is 12.6. The lowest BCUT2D eigenvalue weighted by Gasteiger charge is -2.27. The molecule has 0 radical (unpaired) electrons. The van der Waals surface area contributed by atoms with Gasteiger partial charge in [0.1, 0.15) is 34.8 Å². The molecular formula is C74H97F3N5O12S3+. The van der Waals surface area contributed by atoms with Crippen LogP contribution in [0.4, 0.5) is 30.2 Å². The molecule has 2 heterocycles. The Balaban J connectivity index is 0.882. The van der Waals surface area contributed by atoms with Crippen LogP contribution in [0.5, 0.6) is 5.75 Å². The molecule has 4 aromatic rings. The van der Waals surface area contributed by atoms with E-state index in [9.17, 15) is 49.3 Å². The van der Waals surface area contributed by atoms with Crippen molar-refractivity contribution in [1.82, 2.24) is 5.32 Å². The number of halogens is 3. The van der Waals surface area contributed by atoms with Crippen molar-refractivity contribution < 1.29 is 71.8 Å². The third kappa shape index (κ3) is 19.7. The molecule has 4 aliphatic rings. The van der Waals surface area contributed by atoms with Crippen molar-refractivity contribution >= 4 is 70.4 Å². The fourth-order valence-electron chi connectivity index (χ4n) is 13.9. The van der Waals surface area contributed by atoms with Gasteiger partial charge in [-0.25, -0.2) is 39.9 Å². The van der Waals surface area contributed by atoms with Gasteiger partial charge < -0.3 is 25.4 Å². The molecule has 0 saturated heterocycles. The molecule has 17 nitrogen and oxygen atoms in total. The second-order valence-corrected chi connectivity index (χ2v) is 32.4. The number of ether oxygens (including phenoxy) is 1. The molecule has 1 amide bonds. The lowest BCUT2D eigenvalue weighted by molar-refractivity contribution is -0.438. The van der Waals surface area contributed by atoms with Gasteiger partial charge in [-0.2, -0.15) is 13.0 Å². The zero-order valence-electron chi connectivity index (χ0n) is 56.7. The summed E-state index contributed by atoms with van der Waals surface area (Å²) in [7, 11) is -14.1. The number of carboxylic acid groups (broad SMARTS) is 1. The number of fused-ring (bicyclic) bond motifs is 2. The highest BCUT2D eigenvalue weighted by atomic mass is 32.2. The number of aliphatic carboxylic acids is 1. The average molecular weight is 1400 g/mol. The maximum absolute atomic E-state index is 15.8. The van der Waals surface area contributed by atoms with Crippen molar-refractivity contribution in [3.63, 3.8) is 0 Å². The summed E-state index contributed by atoms with van der Waals surface area (Å²) >= 11 is 0. The highest BCUT2D eigenvalue weighted by molar-refractivity contribution is 7.91. The van der Waals surface area contributed by atoms with Crippen molar-refractivity contribution in [2.45, 2.75) is 228 Å². The van der Waals surface area contributed by atoms with Crippen LogP contribution in [0.2, 0.25) is 0 Å².